The van der Waals surface area contributed by atoms with Gasteiger partial charge in [-0.3, -0.25) is 9.78 Å². The van der Waals surface area contributed by atoms with Crippen LogP contribution in [0.25, 0.3) is 11.3 Å². The lowest BCUT2D eigenvalue weighted by Gasteiger charge is -2.12. The molecule has 5 nitrogen and oxygen atoms in total. The minimum Gasteiger partial charge on any atom is -0.306 e. The lowest BCUT2D eigenvalue weighted by molar-refractivity contribution is 0.102. The van der Waals surface area contributed by atoms with E-state index in [-0.39, 0.29) is 5.91 Å². The van der Waals surface area contributed by atoms with Crippen molar-refractivity contribution in [2.24, 2.45) is 0 Å². The van der Waals surface area contributed by atoms with Gasteiger partial charge in [0.05, 0.1) is 17.0 Å². The normalized spacial score (nSPS) is 10.9. The first-order valence-corrected chi connectivity index (χ1v) is 9.36. The average molecular weight is 425 g/mol. The predicted molar refractivity (Wildman–Crippen MR) is 112 cm³/mol. The van der Waals surface area contributed by atoms with Crippen molar-refractivity contribution in [2.45, 2.75) is 13.5 Å². The maximum Gasteiger partial charge on any atom is 0.258 e. The zero-order chi connectivity index (χ0) is 19.4. The number of nitrogens with one attached hydrogen (secondary N) is 1. The molecule has 0 saturated heterocycles. The molecule has 0 aliphatic carbocycles. The molecule has 138 valence electrons. The van der Waals surface area contributed by atoms with Gasteiger partial charge >= 0.3 is 0 Å². The molecular weight excluding hydrogens is 404 g/mol. The first-order valence-electron chi connectivity index (χ1n) is 8.57. The molecular formula is C21H21BrN4O. The SMILES string of the molecule is Cc1nc(-c2cccc(Br)c2)ccc1C(=O)Nc1cc(CN(C)C)ccn1. The summed E-state index contributed by atoms with van der Waals surface area (Å²) in [5.74, 6) is 0.324. The van der Waals surface area contributed by atoms with Crippen molar-refractivity contribution in [3.63, 3.8) is 0 Å². The van der Waals surface area contributed by atoms with E-state index >= 15 is 0 Å². The molecule has 0 saturated carbocycles. The molecule has 1 aromatic carbocycles. The molecule has 0 atom stereocenters. The van der Waals surface area contributed by atoms with Crippen LogP contribution in [0.3, 0.4) is 0 Å². The van der Waals surface area contributed by atoms with Crippen molar-refractivity contribution in [1.29, 1.82) is 0 Å². The molecule has 0 aliphatic heterocycles. The third kappa shape index (κ3) is 4.99. The average Bonchev–Trinajstić information content (AvgIpc) is 2.61. The maximum absolute atomic E-state index is 12.7. The van der Waals surface area contributed by atoms with Gasteiger partial charge in [0.15, 0.2) is 0 Å². The van der Waals surface area contributed by atoms with Crippen LogP contribution in [-0.2, 0) is 6.54 Å². The van der Waals surface area contributed by atoms with Crippen LogP contribution in [0, 0.1) is 6.92 Å². The number of hydrogen-bond acceptors (Lipinski definition) is 4. The molecule has 0 aliphatic rings. The molecule has 0 bridgehead atoms. The van der Waals surface area contributed by atoms with Gasteiger partial charge in [0.2, 0.25) is 0 Å². The number of rotatable bonds is 5. The van der Waals surface area contributed by atoms with Gasteiger partial charge in [0, 0.05) is 22.8 Å². The molecule has 3 aromatic rings. The third-order valence-electron chi connectivity index (χ3n) is 4.02. The zero-order valence-electron chi connectivity index (χ0n) is 15.5. The smallest absolute Gasteiger partial charge is 0.258 e. The standard InChI is InChI=1S/C21H21BrN4O/c1-14-18(7-8-19(24-14)16-5-4-6-17(22)12-16)21(27)25-20-11-15(9-10-23-20)13-26(2)3/h4-12H,13H2,1-3H3,(H,23,25,27). The lowest BCUT2D eigenvalue weighted by Crippen LogP contribution is -2.16. The van der Waals surface area contributed by atoms with Crippen molar-refractivity contribution in [2.75, 3.05) is 19.4 Å². The number of hydrogen-bond donors (Lipinski definition) is 1. The Morgan fingerprint density at radius 3 is 2.67 bits per heavy atom. The molecule has 0 unspecified atom stereocenters. The molecule has 3 rings (SSSR count). The summed E-state index contributed by atoms with van der Waals surface area (Å²) < 4.78 is 0.991. The second-order valence-corrected chi connectivity index (χ2v) is 7.50. The fourth-order valence-corrected chi connectivity index (χ4v) is 3.20. The molecule has 6 heteroatoms. The van der Waals surface area contributed by atoms with Gasteiger partial charge in [-0.25, -0.2) is 4.98 Å². The number of carbonyl (C=O) groups is 1. The van der Waals surface area contributed by atoms with Crippen molar-refractivity contribution in [3.8, 4) is 11.3 Å². The number of anilines is 1. The van der Waals surface area contributed by atoms with Gasteiger partial charge in [-0.2, -0.15) is 0 Å². The number of nitrogens with zero attached hydrogens (tertiary/aromatic N) is 3. The molecule has 0 spiro atoms. The number of aromatic nitrogens is 2. The van der Waals surface area contributed by atoms with Gasteiger partial charge < -0.3 is 10.2 Å². The van der Waals surface area contributed by atoms with Crippen molar-refractivity contribution < 1.29 is 4.79 Å². The fraction of sp³-hybridized carbons (Fsp3) is 0.190. The largest absolute Gasteiger partial charge is 0.306 e. The molecule has 1 amide bonds. The molecule has 1 N–H and O–H groups in total. The Balaban J connectivity index is 1.79. The Kier molecular flexibility index (Phi) is 5.98. The first kappa shape index (κ1) is 19.2. The second-order valence-electron chi connectivity index (χ2n) is 6.58. The number of aryl methyl sites for hydroxylation is 1. The van der Waals surface area contributed by atoms with Crippen molar-refractivity contribution in [1.82, 2.24) is 14.9 Å². The second kappa shape index (κ2) is 8.41. The van der Waals surface area contributed by atoms with Gasteiger partial charge in [-0.1, -0.05) is 28.1 Å². The number of pyridine rings is 2. The fourth-order valence-electron chi connectivity index (χ4n) is 2.80. The highest BCUT2D eigenvalue weighted by molar-refractivity contribution is 9.10. The number of amides is 1. The van der Waals surface area contributed by atoms with Crippen molar-refractivity contribution in [3.05, 3.63) is 76.0 Å². The Bertz CT molecular complexity index is 972. The van der Waals surface area contributed by atoms with Gasteiger partial charge in [-0.15, -0.1) is 0 Å². The summed E-state index contributed by atoms with van der Waals surface area (Å²) in [7, 11) is 4.00. The summed E-state index contributed by atoms with van der Waals surface area (Å²) in [5.41, 5.74) is 4.13. The number of carbonyl (C=O) groups excluding carboxylic acids is 1. The number of benzene rings is 1. The highest BCUT2D eigenvalue weighted by Gasteiger charge is 2.13. The van der Waals surface area contributed by atoms with Crippen LogP contribution >= 0.6 is 15.9 Å². The Morgan fingerprint density at radius 2 is 1.96 bits per heavy atom. The van der Waals surface area contributed by atoms with E-state index in [9.17, 15) is 4.79 Å². The molecule has 2 aromatic heterocycles. The molecule has 2 heterocycles. The molecule has 27 heavy (non-hydrogen) atoms. The van der Waals surface area contributed by atoms with E-state index in [2.05, 4.69) is 36.1 Å². The minimum atomic E-state index is -0.213. The first-order chi connectivity index (χ1) is 12.9. The van der Waals surface area contributed by atoms with Crippen LogP contribution in [0.1, 0.15) is 21.6 Å². The predicted octanol–water partition coefficient (Wildman–Crippen LogP) is 4.53. The van der Waals surface area contributed by atoms with Gasteiger partial charge in [-0.05, 0) is 63.0 Å². The third-order valence-corrected chi connectivity index (χ3v) is 4.51. The maximum atomic E-state index is 12.7. The summed E-state index contributed by atoms with van der Waals surface area (Å²) in [6.07, 6.45) is 1.70. The van der Waals surface area contributed by atoms with E-state index in [1.807, 2.05) is 63.5 Å². The minimum absolute atomic E-state index is 0.213. The van der Waals surface area contributed by atoms with E-state index in [1.165, 1.54) is 0 Å². The summed E-state index contributed by atoms with van der Waals surface area (Å²) in [5, 5.41) is 2.86. The Morgan fingerprint density at radius 1 is 1.15 bits per heavy atom. The molecule has 0 radical (unpaired) electrons. The summed E-state index contributed by atoms with van der Waals surface area (Å²) >= 11 is 3.47. The quantitative estimate of drug-likeness (QED) is 0.653. The van der Waals surface area contributed by atoms with Crippen LogP contribution in [0.5, 0.6) is 0 Å². The van der Waals surface area contributed by atoms with E-state index in [0.717, 1.165) is 27.8 Å². The highest BCUT2D eigenvalue weighted by atomic mass is 79.9. The highest BCUT2D eigenvalue weighted by Crippen LogP contribution is 2.23. The van der Waals surface area contributed by atoms with Crippen molar-refractivity contribution >= 4 is 27.7 Å². The monoisotopic (exact) mass is 424 g/mol. The summed E-state index contributed by atoms with van der Waals surface area (Å²) in [6, 6.07) is 15.4. The summed E-state index contributed by atoms with van der Waals surface area (Å²) in [6.45, 7) is 2.62. The number of halogens is 1. The van der Waals surface area contributed by atoms with Crippen LogP contribution in [0.15, 0.2) is 59.2 Å². The Hall–Kier alpha value is -2.57. The zero-order valence-corrected chi connectivity index (χ0v) is 17.1. The van der Waals surface area contributed by atoms with Gasteiger partial charge in [0.25, 0.3) is 5.91 Å². The van der Waals surface area contributed by atoms with Crippen LogP contribution in [0.4, 0.5) is 5.82 Å². The van der Waals surface area contributed by atoms with Crippen LogP contribution in [0.2, 0.25) is 0 Å². The van der Waals surface area contributed by atoms with Crippen LogP contribution in [-0.4, -0.2) is 34.9 Å². The van der Waals surface area contributed by atoms with E-state index in [4.69, 9.17) is 0 Å². The lowest BCUT2D eigenvalue weighted by atomic mass is 10.1. The topological polar surface area (TPSA) is 58.1 Å². The van der Waals surface area contributed by atoms with E-state index < -0.39 is 0 Å². The Labute approximate surface area is 167 Å². The van der Waals surface area contributed by atoms with E-state index in [0.29, 0.717) is 17.1 Å². The van der Waals surface area contributed by atoms with Crippen LogP contribution < -0.4 is 5.32 Å². The van der Waals surface area contributed by atoms with Gasteiger partial charge in [0.1, 0.15) is 5.82 Å². The molecule has 0 fully saturated rings. The van der Waals surface area contributed by atoms with E-state index in [1.54, 1.807) is 12.3 Å². The summed E-state index contributed by atoms with van der Waals surface area (Å²) in [4.78, 5) is 23.6.